The Balaban J connectivity index is 2.03. The van der Waals surface area contributed by atoms with Gasteiger partial charge in [-0.3, -0.25) is 0 Å². The zero-order valence-corrected chi connectivity index (χ0v) is 11.9. The van der Waals surface area contributed by atoms with Crippen LogP contribution in [0, 0.1) is 6.92 Å². The molecule has 1 heterocycles. The number of thiophene rings is 1. The van der Waals surface area contributed by atoms with Gasteiger partial charge in [0, 0.05) is 23.0 Å². The Morgan fingerprint density at radius 3 is 2.83 bits per heavy atom. The van der Waals surface area contributed by atoms with Crippen molar-refractivity contribution in [2.24, 2.45) is 0 Å². The van der Waals surface area contributed by atoms with E-state index in [0.29, 0.717) is 6.04 Å². The molecule has 0 aliphatic carbocycles. The zero-order valence-electron chi connectivity index (χ0n) is 11.1. The van der Waals surface area contributed by atoms with Crippen molar-refractivity contribution in [3.05, 3.63) is 51.7 Å². The van der Waals surface area contributed by atoms with Crippen LogP contribution in [0.5, 0.6) is 5.75 Å². The molecule has 1 aromatic heterocycles. The lowest BCUT2D eigenvalue weighted by Crippen LogP contribution is -2.17. The Bertz CT molecular complexity index is 493. The van der Waals surface area contributed by atoms with Crippen LogP contribution in [0.25, 0.3) is 0 Å². The summed E-state index contributed by atoms with van der Waals surface area (Å²) < 4.78 is 5.39. The lowest BCUT2D eigenvalue weighted by Gasteiger charge is -2.14. The van der Waals surface area contributed by atoms with E-state index < -0.39 is 0 Å². The molecule has 0 aliphatic rings. The molecule has 0 radical (unpaired) electrons. The van der Waals surface area contributed by atoms with Crippen LogP contribution in [0.2, 0.25) is 0 Å². The summed E-state index contributed by atoms with van der Waals surface area (Å²) in [5.74, 6) is 0.950. The maximum Gasteiger partial charge on any atom is 0.123 e. The first-order valence-corrected chi connectivity index (χ1v) is 6.99. The van der Waals surface area contributed by atoms with Crippen molar-refractivity contribution in [3.63, 3.8) is 0 Å². The van der Waals surface area contributed by atoms with Crippen molar-refractivity contribution in [1.29, 1.82) is 0 Å². The smallest absolute Gasteiger partial charge is 0.123 e. The Morgan fingerprint density at radius 2 is 2.17 bits per heavy atom. The summed E-state index contributed by atoms with van der Waals surface area (Å²) in [5, 5.41) is 5.65. The SMILES string of the molecule is COc1ccc(C)cc1CNC(C)c1cccs1. The van der Waals surface area contributed by atoms with Crippen LogP contribution < -0.4 is 10.1 Å². The van der Waals surface area contributed by atoms with Gasteiger partial charge in [0.25, 0.3) is 0 Å². The average molecular weight is 261 g/mol. The first kappa shape index (κ1) is 13.1. The first-order valence-electron chi connectivity index (χ1n) is 6.11. The molecule has 0 aliphatic heterocycles. The molecule has 96 valence electrons. The lowest BCUT2D eigenvalue weighted by molar-refractivity contribution is 0.406. The fourth-order valence-corrected chi connectivity index (χ4v) is 2.71. The molecule has 1 unspecified atom stereocenters. The van der Waals surface area contributed by atoms with E-state index in [1.54, 1.807) is 18.4 Å². The van der Waals surface area contributed by atoms with Gasteiger partial charge in [-0.2, -0.15) is 0 Å². The van der Waals surface area contributed by atoms with Gasteiger partial charge in [-0.25, -0.2) is 0 Å². The standard InChI is InChI=1S/C15H19NOS/c1-11-6-7-14(17-3)13(9-11)10-16-12(2)15-5-4-8-18-15/h4-9,12,16H,10H2,1-3H3. The van der Waals surface area contributed by atoms with Gasteiger partial charge in [0.15, 0.2) is 0 Å². The van der Waals surface area contributed by atoms with Crippen molar-refractivity contribution in [2.45, 2.75) is 26.4 Å². The molecule has 1 N–H and O–H groups in total. The van der Waals surface area contributed by atoms with Crippen molar-refractivity contribution < 1.29 is 4.74 Å². The molecular weight excluding hydrogens is 242 g/mol. The van der Waals surface area contributed by atoms with E-state index >= 15 is 0 Å². The predicted octanol–water partition coefficient (Wildman–Crippen LogP) is 3.92. The molecule has 2 rings (SSSR count). The Kier molecular flexibility index (Phi) is 4.39. The molecule has 2 nitrogen and oxygen atoms in total. The van der Waals surface area contributed by atoms with Gasteiger partial charge in [0.05, 0.1) is 7.11 Å². The van der Waals surface area contributed by atoms with Crippen molar-refractivity contribution in [3.8, 4) is 5.75 Å². The fourth-order valence-electron chi connectivity index (χ4n) is 1.95. The zero-order chi connectivity index (χ0) is 13.0. The normalized spacial score (nSPS) is 12.4. The van der Waals surface area contributed by atoms with Crippen molar-refractivity contribution >= 4 is 11.3 Å². The Labute approximate surface area is 113 Å². The van der Waals surface area contributed by atoms with Gasteiger partial charge in [0.1, 0.15) is 5.75 Å². The minimum Gasteiger partial charge on any atom is -0.496 e. The van der Waals surface area contributed by atoms with Gasteiger partial charge < -0.3 is 10.1 Å². The molecule has 1 atom stereocenters. The summed E-state index contributed by atoms with van der Waals surface area (Å²) in [4.78, 5) is 1.36. The second-order valence-electron chi connectivity index (χ2n) is 4.43. The van der Waals surface area contributed by atoms with Gasteiger partial charge >= 0.3 is 0 Å². The van der Waals surface area contributed by atoms with E-state index in [1.807, 2.05) is 6.07 Å². The maximum absolute atomic E-state index is 5.39. The van der Waals surface area contributed by atoms with Gasteiger partial charge in [-0.1, -0.05) is 23.8 Å². The fraction of sp³-hybridized carbons (Fsp3) is 0.333. The van der Waals surface area contributed by atoms with Crippen LogP contribution in [0.4, 0.5) is 0 Å². The average Bonchev–Trinajstić information content (AvgIpc) is 2.90. The van der Waals surface area contributed by atoms with Gasteiger partial charge in [0.2, 0.25) is 0 Å². The van der Waals surface area contributed by atoms with Crippen LogP contribution in [0.1, 0.15) is 29.0 Å². The van der Waals surface area contributed by atoms with E-state index in [-0.39, 0.29) is 0 Å². The number of hydrogen-bond acceptors (Lipinski definition) is 3. The number of nitrogens with one attached hydrogen (secondary N) is 1. The molecule has 0 saturated heterocycles. The summed E-state index contributed by atoms with van der Waals surface area (Å²) >= 11 is 1.79. The second-order valence-corrected chi connectivity index (χ2v) is 5.41. The number of rotatable bonds is 5. The second kappa shape index (κ2) is 6.03. The molecule has 1 aromatic carbocycles. The first-order chi connectivity index (χ1) is 8.70. The van der Waals surface area contributed by atoms with Crippen molar-refractivity contribution in [2.75, 3.05) is 7.11 Å². The minimum atomic E-state index is 0.371. The molecule has 0 saturated carbocycles. The van der Waals surface area contributed by atoms with Crippen LogP contribution in [-0.2, 0) is 6.54 Å². The monoisotopic (exact) mass is 261 g/mol. The molecule has 18 heavy (non-hydrogen) atoms. The third-order valence-corrected chi connectivity index (χ3v) is 4.06. The van der Waals surface area contributed by atoms with E-state index in [2.05, 4.69) is 48.8 Å². The maximum atomic E-state index is 5.39. The third-order valence-electron chi connectivity index (χ3n) is 3.00. The summed E-state index contributed by atoms with van der Waals surface area (Å²) in [6.07, 6.45) is 0. The predicted molar refractivity (Wildman–Crippen MR) is 77.3 cm³/mol. The summed E-state index contributed by atoms with van der Waals surface area (Å²) in [7, 11) is 1.72. The quantitative estimate of drug-likeness (QED) is 0.881. The largest absolute Gasteiger partial charge is 0.496 e. The van der Waals surface area contributed by atoms with E-state index in [9.17, 15) is 0 Å². The Morgan fingerprint density at radius 1 is 1.33 bits per heavy atom. The number of aryl methyl sites for hydroxylation is 1. The highest BCUT2D eigenvalue weighted by Gasteiger charge is 2.08. The van der Waals surface area contributed by atoms with Crippen molar-refractivity contribution in [1.82, 2.24) is 5.32 Å². The summed E-state index contributed by atoms with van der Waals surface area (Å²) in [6.45, 7) is 5.11. The van der Waals surface area contributed by atoms with Crippen LogP contribution in [0.3, 0.4) is 0 Å². The highest BCUT2D eigenvalue weighted by atomic mass is 32.1. The molecule has 0 amide bonds. The lowest BCUT2D eigenvalue weighted by atomic mass is 10.1. The molecule has 0 fully saturated rings. The molecule has 2 aromatic rings. The highest BCUT2D eigenvalue weighted by Crippen LogP contribution is 2.22. The highest BCUT2D eigenvalue weighted by molar-refractivity contribution is 7.10. The van der Waals surface area contributed by atoms with Crippen LogP contribution >= 0.6 is 11.3 Å². The number of benzene rings is 1. The van der Waals surface area contributed by atoms with E-state index in [4.69, 9.17) is 4.74 Å². The van der Waals surface area contributed by atoms with E-state index in [0.717, 1.165) is 12.3 Å². The van der Waals surface area contributed by atoms with Crippen LogP contribution in [-0.4, -0.2) is 7.11 Å². The van der Waals surface area contributed by atoms with Gasteiger partial charge in [-0.05, 0) is 31.4 Å². The number of methoxy groups -OCH3 is 1. The summed E-state index contributed by atoms with van der Waals surface area (Å²) in [5.41, 5.74) is 2.47. The Hall–Kier alpha value is -1.32. The molecular formula is C15H19NOS. The summed E-state index contributed by atoms with van der Waals surface area (Å²) in [6, 6.07) is 10.9. The minimum absolute atomic E-state index is 0.371. The molecule has 0 bridgehead atoms. The van der Waals surface area contributed by atoms with E-state index in [1.165, 1.54) is 16.0 Å². The third kappa shape index (κ3) is 3.12. The topological polar surface area (TPSA) is 21.3 Å². The molecule has 3 heteroatoms. The molecule has 0 spiro atoms. The number of ether oxygens (including phenoxy) is 1. The van der Waals surface area contributed by atoms with Gasteiger partial charge in [-0.15, -0.1) is 11.3 Å². The van der Waals surface area contributed by atoms with Crippen LogP contribution in [0.15, 0.2) is 35.7 Å². The number of hydrogen-bond donors (Lipinski definition) is 1.